The minimum absolute atomic E-state index is 0.0229. The monoisotopic (exact) mass is 248 g/mol. The minimum Gasteiger partial charge on any atom is -0.399 e. The average Bonchev–Trinajstić information content (AvgIpc) is 2.38. The summed E-state index contributed by atoms with van der Waals surface area (Å²) in [5, 5.41) is 2.85. The fourth-order valence-electron chi connectivity index (χ4n) is 2.17. The molecule has 1 aromatic rings. The van der Waals surface area contributed by atoms with E-state index in [0.29, 0.717) is 12.1 Å². The maximum Gasteiger partial charge on any atom is 0.224 e. The number of nitrogens with two attached hydrogens (primary N) is 1. The van der Waals surface area contributed by atoms with Crippen molar-refractivity contribution in [3.05, 3.63) is 24.3 Å². The Morgan fingerprint density at radius 2 is 2.33 bits per heavy atom. The van der Waals surface area contributed by atoms with Gasteiger partial charge in [-0.3, -0.25) is 4.79 Å². The van der Waals surface area contributed by atoms with Gasteiger partial charge in [0.25, 0.3) is 0 Å². The van der Waals surface area contributed by atoms with Crippen molar-refractivity contribution in [3.8, 4) is 0 Å². The van der Waals surface area contributed by atoms with Gasteiger partial charge in [0.05, 0.1) is 6.10 Å². The number of benzene rings is 1. The lowest BCUT2D eigenvalue weighted by Gasteiger charge is -2.22. The largest absolute Gasteiger partial charge is 0.399 e. The second-order valence-electron chi connectivity index (χ2n) is 4.70. The summed E-state index contributed by atoms with van der Waals surface area (Å²) < 4.78 is 5.60. The number of nitrogen functional groups attached to an aromatic ring is 1. The number of rotatable bonds is 4. The van der Waals surface area contributed by atoms with E-state index in [4.69, 9.17) is 10.5 Å². The molecule has 4 heteroatoms. The lowest BCUT2D eigenvalue weighted by molar-refractivity contribution is -0.117. The molecule has 1 aliphatic heterocycles. The Kier molecular flexibility index (Phi) is 4.59. The molecule has 0 radical (unpaired) electrons. The minimum atomic E-state index is 0.0229. The summed E-state index contributed by atoms with van der Waals surface area (Å²) in [7, 11) is 0. The van der Waals surface area contributed by atoms with Crippen LogP contribution in [0.5, 0.6) is 0 Å². The molecule has 1 heterocycles. The van der Waals surface area contributed by atoms with E-state index in [9.17, 15) is 4.79 Å². The summed E-state index contributed by atoms with van der Waals surface area (Å²) in [6.07, 6.45) is 4.98. The van der Waals surface area contributed by atoms with Crippen LogP contribution in [-0.2, 0) is 9.53 Å². The summed E-state index contributed by atoms with van der Waals surface area (Å²) in [6, 6.07) is 7.22. The first-order valence-corrected chi connectivity index (χ1v) is 6.51. The number of hydrogen-bond donors (Lipinski definition) is 2. The lowest BCUT2D eigenvalue weighted by Crippen LogP contribution is -2.21. The van der Waals surface area contributed by atoms with Crippen LogP contribution in [0.3, 0.4) is 0 Å². The molecule has 1 atom stereocenters. The van der Waals surface area contributed by atoms with Gasteiger partial charge in [0.15, 0.2) is 0 Å². The van der Waals surface area contributed by atoms with Crippen LogP contribution in [0, 0.1) is 0 Å². The van der Waals surface area contributed by atoms with E-state index < -0.39 is 0 Å². The molecule has 98 valence electrons. The Bertz CT molecular complexity index is 401. The molecule has 1 aliphatic rings. The highest BCUT2D eigenvalue weighted by molar-refractivity contribution is 5.91. The maximum absolute atomic E-state index is 11.8. The van der Waals surface area contributed by atoms with E-state index in [1.165, 1.54) is 6.42 Å². The SMILES string of the molecule is Nc1cccc(NC(=O)CCC2CCCCO2)c1. The molecule has 0 aliphatic carbocycles. The van der Waals surface area contributed by atoms with Gasteiger partial charge in [0, 0.05) is 24.4 Å². The molecule has 1 aromatic carbocycles. The normalized spacial score (nSPS) is 19.4. The third kappa shape index (κ3) is 4.04. The fourth-order valence-corrected chi connectivity index (χ4v) is 2.17. The van der Waals surface area contributed by atoms with Crippen molar-refractivity contribution >= 4 is 17.3 Å². The fraction of sp³-hybridized carbons (Fsp3) is 0.500. The van der Waals surface area contributed by atoms with Crippen molar-refractivity contribution in [1.82, 2.24) is 0 Å². The van der Waals surface area contributed by atoms with Crippen molar-refractivity contribution in [2.45, 2.75) is 38.2 Å². The van der Waals surface area contributed by atoms with Crippen LogP contribution in [0.1, 0.15) is 32.1 Å². The predicted molar refractivity (Wildman–Crippen MR) is 72.3 cm³/mol. The smallest absolute Gasteiger partial charge is 0.224 e. The highest BCUT2D eigenvalue weighted by Gasteiger charge is 2.15. The summed E-state index contributed by atoms with van der Waals surface area (Å²) in [4.78, 5) is 11.8. The number of hydrogen-bond acceptors (Lipinski definition) is 3. The molecular formula is C14H20N2O2. The number of carbonyl (C=O) groups is 1. The number of nitrogens with one attached hydrogen (secondary N) is 1. The van der Waals surface area contributed by atoms with Crippen LogP contribution in [0.25, 0.3) is 0 Å². The van der Waals surface area contributed by atoms with E-state index in [2.05, 4.69) is 5.32 Å². The van der Waals surface area contributed by atoms with Gasteiger partial charge in [-0.05, 0) is 43.9 Å². The highest BCUT2D eigenvalue weighted by Crippen LogP contribution is 2.18. The van der Waals surface area contributed by atoms with E-state index >= 15 is 0 Å². The summed E-state index contributed by atoms with van der Waals surface area (Å²) in [5.41, 5.74) is 7.06. The van der Waals surface area contributed by atoms with E-state index in [-0.39, 0.29) is 12.0 Å². The summed E-state index contributed by atoms with van der Waals surface area (Å²) >= 11 is 0. The standard InChI is InChI=1S/C14H20N2O2/c15-11-4-3-5-12(10-11)16-14(17)8-7-13-6-1-2-9-18-13/h3-5,10,13H,1-2,6-9,15H2,(H,16,17). The first kappa shape index (κ1) is 12.9. The van der Waals surface area contributed by atoms with Crippen LogP contribution in [-0.4, -0.2) is 18.6 Å². The van der Waals surface area contributed by atoms with E-state index in [0.717, 1.165) is 31.6 Å². The molecular weight excluding hydrogens is 228 g/mol. The van der Waals surface area contributed by atoms with Gasteiger partial charge in [-0.25, -0.2) is 0 Å². The van der Waals surface area contributed by atoms with Crippen molar-refractivity contribution in [2.24, 2.45) is 0 Å². The quantitative estimate of drug-likeness (QED) is 0.805. The van der Waals surface area contributed by atoms with Crippen molar-refractivity contribution in [2.75, 3.05) is 17.7 Å². The molecule has 3 N–H and O–H groups in total. The third-order valence-electron chi connectivity index (χ3n) is 3.14. The molecule has 0 aromatic heterocycles. The molecule has 0 spiro atoms. The predicted octanol–water partition coefficient (Wildman–Crippen LogP) is 2.56. The molecule has 18 heavy (non-hydrogen) atoms. The van der Waals surface area contributed by atoms with Gasteiger partial charge in [-0.1, -0.05) is 6.07 Å². The Morgan fingerprint density at radius 3 is 3.06 bits per heavy atom. The Hall–Kier alpha value is -1.55. The molecule has 1 fully saturated rings. The van der Waals surface area contributed by atoms with Gasteiger partial charge in [-0.2, -0.15) is 0 Å². The zero-order valence-electron chi connectivity index (χ0n) is 10.5. The first-order valence-electron chi connectivity index (χ1n) is 6.51. The van der Waals surface area contributed by atoms with Crippen LogP contribution >= 0.6 is 0 Å². The van der Waals surface area contributed by atoms with Crippen LogP contribution in [0.4, 0.5) is 11.4 Å². The van der Waals surface area contributed by atoms with Crippen LogP contribution in [0.15, 0.2) is 24.3 Å². The van der Waals surface area contributed by atoms with E-state index in [1.807, 2.05) is 12.1 Å². The van der Waals surface area contributed by atoms with Gasteiger partial charge in [0.2, 0.25) is 5.91 Å². The van der Waals surface area contributed by atoms with E-state index in [1.54, 1.807) is 12.1 Å². The number of anilines is 2. The summed E-state index contributed by atoms with van der Waals surface area (Å²) in [5.74, 6) is 0.0229. The molecule has 0 saturated carbocycles. The zero-order valence-corrected chi connectivity index (χ0v) is 10.5. The molecule has 4 nitrogen and oxygen atoms in total. The highest BCUT2D eigenvalue weighted by atomic mass is 16.5. The van der Waals surface area contributed by atoms with Crippen molar-refractivity contribution in [3.63, 3.8) is 0 Å². The topological polar surface area (TPSA) is 64.3 Å². The molecule has 2 rings (SSSR count). The zero-order chi connectivity index (χ0) is 12.8. The van der Waals surface area contributed by atoms with Crippen molar-refractivity contribution < 1.29 is 9.53 Å². The first-order chi connectivity index (χ1) is 8.74. The van der Waals surface area contributed by atoms with Crippen LogP contribution in [0.2, 0.25) is 0 Å². The lowest BCUT2D eigenvalue weighted by atomic mass is 10.0. The average molecular weight is 248 g/mol. The molecule has 0 bridgehead atoms. The third-order valence-corrected chi connectivity index (χ3v) is 3.14. The molecule has 1 saturated heterocycles. The van der Waals surface area contributed by atoms with Crippen LogP contribution < -0.4 is 11.1 Å². The maximum atomic E-state index is 11.8. The van der Waals surface area contributed by atoms with Crippen molar-refractivity contribution in [1.29, 1.82) is 0 Å². The van der Waals surface area contributed by atoms with Gasteiger partial charge in [0.1, 0.15) is 0 Å². The number of ether oxygens (including phenoxy) is 1. The number of amides is 1. The molecule has 1 unspecified atom stereocenters. The van der Waals surface area contributed by atoms with Gasteiger partial charge in [-0.15, -0.1) is 0 Å². The Balaban J connectivity index is 1.74. The van der Waals surface area contributed by atoms with Gasteiger partial charge >= 0.3 is 0 Å². The second kappa shape index (κ2) is 6.40. The second-order valence-corrected chi connectivity index (χ2v) is 4.70. The van der Waals surface area contributed by atoms with Gasteiger partial charge < -0.3 is 15.8 Å². The Labute approximate surface area is 108 Å². The number of carbonyl (C=O) groups excluding carboxylic acids is 1. The molecule has 1 amide bonds. The Morgan fingerprint density at radius 1 is 1.44 bits per heavy atom. The summed E-state index contributed by atoms with van der Waals surface area (Å²) in [6.45, 7) is 0.835.